The maximum absolute atomic E-state index is 12.9. The molecule has 2 heterocycles. The van der Waals surface area contributed by atoms with Crippen molar-refractivity contribution in [1.82, 2.24) is 5.32 Å². The lowest BCUT2D eigenvalue weighted by Crippen LogP contribution is -2.71. The molecule has 1 N–H and O–H groups in total. The van der Waals surface area contributed by atoms with Crippen molar-refractivity contribution in [2.24, 2.45) is 5.92 Å². The summed E-state index contributed by atoms with van der Waals surface area (Å²) in [5.74, 6) is -0.206. The van der Waals surface area contributed by atoms with Gasteiger partial charge < -0.3 is 14.8 Å². The van der Waals surface area contributed by atoms with E-state index in [1.165, 1.54) is 0 Å². The molecule has 2 aromatic rings. The number of benzene rings is 2. The van der Waals surface area contributed by atoms with Crippen molar-refractivity contribution in [2.45, 2.75) is 25.6 Å². The molecule has 3 atom stereocenters. The molecule has 2 aromatic carbocycles. The number of esters is 1. The Labute approximate surface area is 168 Å². The fourth-order valence-corrected chi connectivity index (χ4v) is 4.44. The van der Waals surface area contributed by atoms with Crippen molar-refractivity contribution < 1.29 is 14.3 Å². The highest BCUT2D eigenvalue weighted by Crippen LogP contribution is 2.49. The number of nitrogens with zero attached hydrogens (tertiary/aromatic N) is 1. The first-order chi connectivity index (χ1) is 13.0. The summed E-state index contributed by atoms with van der Waals surface area (Å²) in [4.78, 5) is 14.8. The maximum Gasteiger partial charge on any atom is 0.317 e. The predicted molar refractivity (Wildman–Crippen MR) is 108 cm³/mol. The number of fused-ring (bicyclic) bond motifs is 4. The first-order valence-electron chi connectivity index (χ1n) is 8.76. The van der Waals surface area contributed by atoms with E-state index in [1.807, 2.05) is 48.2 Å². The first-order valence-corrected chi connectivity index (χ1v) is 9.55. The fraction of sp³-hybridized carbons (Fsp3) is 0.300. The number of ether oxygens (including phenoxy) is 2. The molecule has 0 unspecified atom stereocenters. The highest BCUT2D eigenvalue weighted by Gasteiger charge is 2.59. The average Bonchev–Trinajstić information content (AvgIpc) is 2.62. The number of nitrogens with one attached hydrogen (secondary N) is 1. The van der Waals surface area contributed by atoms with E-state index >= 15 is 0 Å². The van der Waals surface area contributed by atoms with Crippen LogP contribution in [0.1, 0.15) is 25.5 Å². The van der Waals surface area contributed by atoms with Gasteiger partial charge in [0.25, 0.3) is 0 Å². The van der Waals surface area contributed by atoms with E-state index in [4.69, 9.17) is 33.3 Å². The molecule has 27 heavy (non-hydrogen) atoms. The SMILES string of the molecule is CCOC(=O)[C@H]1[C@H]2NC(=S)N(c3ccc(Cl)cc3)[C@@]1(C)Oc1ccccc12. The molecule has 0 radical (unpaired) electrons. The van der Waals surface area contributed by atoms with Gasteiger partial charge in [-0.2, -0.15) is 0 Å². The quantitative estimate of drug-likeness (QED) is 0.617. The number of hydrogen-bond donors (Lipinski definition) is 1. The summed E-state index contributed by atoms with van der Waals surface area (Å²) in [7, 11) is 0. The predicted octanol–water partition coefficient (Wildman–Crippen LogP) is 4.06. The van der Waals surface area contributed by atoms with Crippen LogP contribution >= 0.6 is 23.8 Å². The molecule has 0 aliphatic carbocycles. The highest BCUT2D eigenvalue weighted by molar-refractivity contribution is 7.80. The number of carbonyl (C=O) groups excluding carboxylic acids is 1. The van der Waals surface area contributed by atoms with E-state index in [-0.39, 0.29) is 12.0 Å². The van der Waals surface area contributed by atoms with E-state index < -0.39 is 11.6 Å². The van der Waals surface area contributed by atoms with Gasteiger partial charge >= 0.3 is 5.97 Å². The molecule has 140 valence electrons. The van der Waals surface area contributed by atoms with Gasteiger partial charge in [0.1, 0.15) is 11.7 Å². The Hall–Kier alpha value is -2.31. The topological polar surface area (TPSA) is 50.8 Å². The molecule has 0 aromatic heterocycles. The van der Waals surface area contributed by atoms with Crippen LogP contribution in [0.15, 0.2) is 48.5 Å². The zero-order valence-electron chi connectivity index (χ0n) is 14.9. The standard InChI is InChI=1S/C20H19ClN2O3S/c1-3-25-18(24)16-17-14-6-4-5-7-15(14)26-20(16,2)23(19(27)22-17)13-10-8-12(21)9-11-13/h4-11,16-17H,3H2,1-2H3,(H,22,27)/t16-,17+,20+/m1/s1. The molecule has 0 amide bonds. The highest BCUT2D eigenvalue weighted by atomic mass is 35.5. The number of para-hydroxylation sites is 1. The third-order valence-corrected chi connectivity index (χ3v) is 5.58. The van der Waals surface area contributed by atoms with Crippen LogP contribution in [0.5, 0.6) is 5.75 Å². The number of thiocarbonyl (C=S) groups is 1. The van der Waals surface area contributed by atoms with Crippen molar-refractivity contribution in [3.05, 3.63) is 59.1 Å². The molecular weight excluding hydrogens is 384 g/mol. The fourth-order valence-electron chi connectivity index (χ4n) is 3.90. The molecule has 2 bridgehead atoms. The van der Waals surface area contributed by atoms with E-state index in [0.29, 0.717) is 16.7 Å². The average molecular weight is 403 g/mol. The molecule has 0 spiro atoms. The molecule has 1 saturated heterocycles. The molecular formula is C20H19ClN2O3S. The number of hydrogen-bond acceptors (Lipinski definition) is 4. The van der Waals surface area contributed by atoms with Gasteiger partial charge in [-0.1, -0.05) is 29.8 Å². The Kier molecular flexibility index (Phi) is 4.48. The molecule has 2 aliphatic rings. The Morgan fingerprint density at radius 2 is 2.00 bits per heavy atom. The largest absolute Gasteiger partial charge is 0.466 e. The minimum Gasteiger partial charge on any atom is -0.466 e. The Bertz CT molecular complexity index is 904. The number of anilines is 1. The summed E-state index contributed by atoms with van der Waals surface area (Å²) < 4.78 is 11.8. The van der Waals surface area contributed by atoms with Gasteiger partial charge in [-0.05, 0) is 56.4 Å². The smallest absolute Gasteiger partial charge is 0.317 e. The molecule has 2 aliphatic heterocycles. The van der Waals surface area contributed by atoms with Gasteiger partial charge in [0.15, 0.2) is 5.11 Å². The molecule has 1 fully saturated rings. The second kappa shape index (κ2) is 6.69. The zero-order valence-corrected chi connectivity index (χ0v) is 16.5. The summed E-state index contributed by atoms with van der Waals surface area (Å²) in [6.45, 7) is 3.97. The third-order valence-electron chi connectivity index (χ3n) is 5.03. The van der Waals surface area contributed by atoms with E-state index in [9.17, 15) is 4.79 Å². The van der Waals surface area contributed by atoms with Gasteiger partial charge in [0.2, 0.25) is 5.72 Å². The monoisotopic (exact) mass is 402 g/mol. The lowest BCUT2D eigenvalue weighted by molar-refractivity contribution is -0.159. The van der Waals surface area contributed by atoms with E-state index in [2.05, 4.69) is 5.32 Å². The van der Waals surface area contributed by atoms with Gasteiger partial charge in [0.05, 0.1) is 12.6 Å². The van der Waals surface area contributed by atoms with Gasteiger partial charge in [-0.15, -0.1) is 0 Å². The van der Waals surface area contributed by atoms with Crippen molar-refractivity contribution in [1.29, 1.82) is 0 Å². The summed E-state index contributed by atoms with van der Waals surface area (Å²) >= 11 is 11.7. The van der Waals surface area contributed by atoms with Crippen LogP contribution in [0.25, 0.3) is 0 Å². The minimum atomic E-state index is -1.04. The number of halogens is 1. The van der Waals surface area contributed by atoms with Crippen molar-refractivity contribution in [2.75, 3.05) is 11.5 Å². The van der Waals surface area contributed by atoms with Crippen molar-refractivity contribution in [3.63, 3.8) is 0 Å². The van der Waals surface area contributed by atoms with E-state index in [0.717, 1.165) is 17.0 Å². The normalized spacial score (nSPS) is 25.9. The van der Waals surface area contributed by atoms with Gasteiger partial charge in [-0.25, -0.2) is 0 Å². The molecule has 7 heteroatoms. The van der Waals surface area contributed by atoms with Crippen LogP contribution in [0.3, 0.4) is 0 Å². The van der Waals surface area contributed by atoms with Crippen LogP contribution in [0, 0.1) is 5.92 Å². The summed E-state index contributed by atoms with van der Waals surface area (Å²) in [6.07, 6.45) is 0. The second-order valence-corrected chi connectivity index (χ2v) is 7.49. The van der Waals surface area contributed by atoms with Crippen LogP contribution in [0.4, 0.5) is 5.69 Å². The lowest BCUT2D eigenvalue weighted by atomic mass is 9.79. The van der Waals surface area contributed by atoms with Crippen molar-refractivity contribution in [3.8, 4) is 5.75 Å². The maximum atomic E-state index is 12.9. The van der Waals surface area contributed by atoms with Gasteiger partial charge in [0, 0.05) is 16.3 Å². The Morgan fingerprint density at radius 1 is 1.30 bits per heavy atom. The van der Waals surface area contributed by atoms with Crippen LogP contribution in [0.2, 0.25) is 5.02 Å². The third kappa shape index (κ3) is 2.84. The number of carbonyl (C=O) groups is 1. The Morgan fingerprint density at radius 3 is 2.70 bits per heavy atom. The van der Waals surface area contributed by atoms with Crippen LogP contribution in [-0.4, -0.2) is 23.4 Å². The molecule has 4 rings (SSSR count). The zero-order chi connectivity index (χ0) is 19.2. The minimum absolute atomic E-state index is 0.297. The first kappa shape index (κ1) is 18.1. The van der Waals surface area contributed by atoms with Crippen molar-refractivity contribution >= 4 is 40.6 Å². The summed E-state index contributed by atoms with van der Waals surface area (Å²) in [5.41, 5.74) is 0.638. The summed E-state index contributed by atoms with van der Waals surface area (Å²) in [5, 5.41) is 4.43. The molecule has 5 nitrogen and oxygen atoms in total. The Balaban J connectivity index is 1.88. The summed E-state index contributed by atoms with van der Waals surface area (Å²) in [6, 6.07) is 14.6. The number of rotatable bonds is 3. The van der Waals surface area contributed by atoms with Gasteiger partial charge in [-0.3, -0.25) is 9.69 Å². The second-order valence-electron chi connectivity index (χ2n) is 6.66. The van der Waals surface area contributed by atoms with Crippen LogP contribution < -0.4 is 15.0 Å². The lowest BCUT2D eigenvalue weighted by Gasteiger charge is -2.55. The van der Waals surface area contributed by atoms with Crippen LogP contribution in [-0.2, 0) is 9.53 Å². The molecule has 0 saturated carbocycles. The van der Waals surface area contributed by atoms with E-state index in [1.54, 1.807) is 19.1 Å².